The van der Waals surface area contributed by atoms with Crippen LogP contribution in [0.3, 0.4) is 0 Å². The maximum Gasteiger partial charge on any atom is 0.231 e. The molecule has 0 amide bonds. The van der Waals surface area contributed by atoms with Crippen LogP contribution in [0, 0.1) is 0 Å². The molecule has 1 aliphatic carbocycles. The summed E-state index contributed by atoms with van der Waals surface area (Å²) in [6.45, 7) is 30.5. The zero-order chi connectivity index (χ0) is 34.5. The van der Waals surface area contributed by atoms with E-state index in [4.69, 9.17) is 0 Å². The van der Waals surface area contributed by atoms with Crippen molar-refractivity contribution >= 4 is 11.3 Å². The third kappa shape index (κ3) is 8.13. The van der Waals surface area contributed by atoms with Crippen molar-refractivity contribution in [2.75, 3.05) is 0 Å². The minimum atomic E-state index is 0. The van der Waals surface area contributed by atoms with Gasteiger partial charge in [-0.3, -0.25) is 0 Å². The Morgan fingerprint density at radius 2 is 1.10 bits per heavy atom. The molecule has 48 heavy (non-hydrogen) atoms. The van der Waals surface area contributed by atoms with Crippen LogP contribution in [0.5, 0.6) is 0 Å². The van der Waals surface area contributed by atoms with E-state index >= 15 is 0 Å². The SMILES string of the molecule is CCCCC1CCCc2c1sc[n+]2-c1c(-c2cc(C(C)(C)C)cc(C(C)(C)C)c2)cccc1-c1cc(C(C)(C)C)cc(C(C)(C)C)c1.[Cl-]. The summed E-state index contributed by atoms with van der Waals surface area (Å²) in [6.07, 6.45) is 7.65. The fraction of sp³-hybridized carbons (Fsp3) is 0.533. The van der Waals surface area contributed by atoms with Crippen LogP contribution >= 0.6 is 11.3 Å². The third-order valence-electron chi connectivity index (χ3n) is 10.3. The molecule has 0 saturated heterocycles. The van der Waals surface area contributed by atoms with Crippen molar-refractivity contribution in [1.82, 2.24) is 0 Å². The molecular formula is C45H62ClNS. The molecule has 1 heterocycles. The van der Waals surface area contributed by atoms with Crippen LogP contribution in [0.2, 0.25) is 0 Å². The lowest BCUT2D eigenvalue weighted by Crippen LogP contribution is -3.00. The minimum absolute atomic E-state index is 0. The van der Waals surface area contributed by atoms with Crippen LogP contribution < -0.4 is 17.0 Å². The van der Waals surface area contributed by atoms with E-state index in [1.165, 1.54) is 82.3 Å². The highest BCUT2D eigenvalue weighted by Crippen LogP contribution is 2.43. The Kier molecular flexibility index (Phi) is 11.2. The first-order valence-electron chi connectivity index (χ1n) is 18.3. The Morgan fingerprint density at radius 3 is 1.50 bits per heavy atom. The van der Waals surface area contributed by atoms with E-state index in [-0.39, 0.29) is 34.1 Å². The number of halogens is 1. The quantitative estimate of drug-likeness (QED) is 0.178. The Morgan fingerprint density at radius 1 is 0.667 bits per heavy atom. The average Bonchev–Trinajstić information content (AvgIpc) is 3.42. The summed E-state index contributed by atoms with van der Waals surface area (Å²) in [5.41, 5.74) is 16.5. The fourth-order valence-corrected chi connectivity index (χ4v) is 8.28. The zero-order valence-corrected chi connectivity index (χ0v) is 33.9. The molecule has 0 aliphatic heterocycles. The molecule has 1 unspecified atom stereocenters. The Balaban J connectivity index is 0.00000520. The number of para-hydroxylation sites is 1. The van der Waals surface area contributed by atoms with Crippen molar-refractivity contribution in [1.29, 1.82) is 0 Å². The van der Waals surface area contributed by atoms with Gasteiger partial charge in [-0.05, 0) is 92.4 Å². The lowest BCUT2D eigenvalue weighted by Gasteiger charge is -2.27. The predicted molar refractivity (Wildman–Crippen MR) is 207 cm³/mol. The number of nitrogens with zero attached hydrogens (tertiary/aromatic N) is 1. The third-order valence-corrected chi connectivity index (χ3v) is 11.5. The maximum absolute atomic E-state index is 2.63. The monoisotopic (exact) mass is 683 g/mol. The van der Waals surface area contributed by atoms with E-state index in [0.717, 1.165) is 6.42 Å². The minimum Gasteiger partial charge on any atom is -1.00 e. The topological polar surface area (TPSA) is 3.88 Å². The van der Waals surface area contributed by atoms with Gasteiger partial charge in [-0.2, -0.15) is 4.57 Å². The van der Waals surface area contributed by atoms with Crippen LogP contribution in [0.25, 0.3) is 27.9 Å². The van der Waals surface area contributed by atoms with Crippen molar-refractivity contribution in [3.8, 4) is 27.9 Å². The van der Waals surface area contributed by atoms with E-state index in [9.17, 15) is 0 Å². The van der Waals surface area contributed by atoms with Crippen molar-refractivity contribution in [3.05, 3.63) is 92.9 Å². The number of hydrogen-bond acceptors (Lipinski definition) is 1. The van der Waals surface area contributed by atoms with Gasteiger partial charge in [-0.25, -0.2) is 0 Å². The van der Waals surface area contributed by atoms with E-state index in [1.54, 1.807) is 10.6 Å². The van der Waals surface area contributed by atoms with Crippen LogP contribution in [0.4, 0.5) is 0 Å². The second kappa shape index (κ2) is 14.1. The van der Waals surface area contributed by atoms with Gasteiger partial charge in [-0.15, -0.1) is 0 Å². The lowest BCUT2D eigenvalue weighted by atomic mass is 9.77. The van der Waals surface area contributed by atoms with Gasteiger partial charge in [0.15, 0.2) is 0 Å². The number of fused-ring (bicyclic) bond motifs is 1. The van der Waals surface area contributed by atoms with Gasteiger partial charge in [0.2, 0.25) is 16.9 Å². The molecule has 0 radical (unpaired) electrons. The van der Waals surface area contributed by atoms with Gasteiger partial charge in [0, 0.05) is 6.42 Å². The number of rotatable bonds is 6. The van der Waals surface area contributed by atoms with Crippen LogP contribution in [0.1, 0.15) is 161 Å². The van der Waals surface area contributed by atoms with Crippen LogP contribution in [-0.4, -0.2) is 0 Å². The van der Waals surface area contributed by atoms with E-state index in [1.807, 2.05) is 11.3 Å². The first kappa shape index (κ1) is 38.4. The summed E-state index contributed by atoms with van der Waals surface area (Å²) in [4.78, 5) is 1.63. The normalized spacial score (nSPS) is 15.6. The highest BCUT2D eigenvalue weighted by molar-refractivity contribution is 7.09. The number of thiazole rings is 1. The van der Waals surface area contributed by atoms with Gasteiger partial charge in [0.25, 0.3) is 0 Å². The molecule has 0 fully saturated rings. The second-order valence-electron chi connectivity index (χ2n) is 18.4. The fourth-order valence-electron chi connectivity index (χ4n) is 7.06. The van der Waals surface area contributed by atoms with E-state index in [0.29, 0.717) is 5.92 Å². The van der Waals surface area contributed by atoms with Crippen molar-refractivity contribution in [2.45, 2.75) is 156 Å². The lowest BCUT2D eigenvalue weighted by molar-refractivity contribution is -0.598. The van der Waals surface area contributed by atoms with E-state index in [2.05, 4.69) is 155 Å². The molecule has 1 atom stereocenters. The first-order chi connectivity index (χ1) is 21.8. The summed E-state index contributed by atoms with van der Waals surface area (Å²) >= 11 is 2.01. The number of aromatic nitrogens is 1. The van der Waals surface area contributed by atoms with Gasteiger partial charge < -0.3 is 12.4 Å². The van der Waals surface area contributed by atoms with Crippen molar-refractivity contribution in [3.63, 3.8) is 0 Å². The van der Waals surface area contributed by atoms with Gasteiger partial charge in [0.05, 0.1) is 16.0 Å². The smallest absolute Gasteiger partial charge is 0.231 e. The Hall–Kier alpha value is -2.42. The second-order valence-corrected chi connectivity index (χ2v) is 19.3. The molecule has 1 aliphatic rings. The highest BCUT2D eigenvalue weighted by atomic mass is 35.5. The van der Waals surface area contributed by atoms with Crippen molar-refractivity contribution in [2.24, 2.45) is 0 Å². The standard InChI is InChI=1S/C45H62NS.ClH/c1-14-15-18-30-19-16-22-39-41(30)47-29-46(39)40-37(31-23-33(42(2,3)4)27-34(24-31)43(5,6)7)20-17-21-38(40)32-25-35(44(8,9)10)28-36(26-32)45(11,12)13;/h17,20-21,23-30H,14-16,18-19,22H2,1-13H3;1H/q+1;/p-1. The van der Waals surface area contributed by atoms with Crippen molar-refractivity contribution < 1.29 is 17.0 Å². The van der Waals surface area contributed by atoms with Crippen LogP contribution in [0.15, 0.2) is 60.1 Å². The maximum atomic E-state index is 2.63. The summed E-state index contributed by atoms with van der Waals surface area (Å²) < 4.78 is 2.63. The molecule has 1 nitrogen and oxygen atoms in total. The summed E-state index contributed by atoms with van der Waals surface area (Å²) in [7, 11) is 0. The number of unbranched alkanes of at least 4 members (excludes halogenated alkanes) is 1. The summed E-state index contributed by atoms with van der Waals surface area (Å²) in [5, 5.41) is 0. The molecule has 4 aromatic rings. The largest absolute Gasteiger partial charge is 1.00 e. The van der Waals surface area contributed by atoms with Crippen LogP contribution in [-0.2, 0) is 28.1 Å². The summed E-state index contributed by atoms with van der Waals surface area (Å²) in [5.74, 6) is 0.689. The molecular weight excluding hydrogens is 622 g/mol. The molecule has 3 heteroatoms. The molecule has 0 N–H and O–H groups in total. The Bertz CT molecular complexity index is 1570. The number of hydrogen-bond donors (Lipinski definition) is 0. The molecule has 0 saturated carbocycles. The van der Waals surface area contributed by atoms with Gasteiger partial charge in [-0.1, -0.05) is 157 Å². The summed E-state index contributed by atoms with van der Waals surface area (Å²) in [6, 6.07) is 21.9. The molecule has 260 valence electrons. The Labute approximate surface area is 304 Å². The zero-order valence-electron chi connectivity index (χ0n) is 32.3. The van der Waals surface area contributed by atoms with Gasteiger partial charge in [0.1, 0.15) is 0 Å². The first-order valence-corrected chi connectivity index (χ1v) is 19.1. The predicted octanol–water partition coefficient (Wildman–Crippen LogP) is 10.2. The molecule has 0 bridgehead atoms. The highest BCUT2D eigenvalue weighted by Gasteiger charge is 2.34. The van der Waals surface area contributed by atoms with E-state index < -0.39 is 0 Å². The van der Waals surface area contributed by atoms with Gasteiger partial charge >= 0.3 is 0 Å². The molecule has 5 rings (SSSR count). The average molecular weight is 685 g/mol. The molecule has 3 aromatic carbocycles. The molecule has 0 spiro atoms. The number of benzene rings is 3. The molecule has 1 aromatic heterocycles.